The van der Waals surface area contributed by atoms with E-state index in [9.17, 15) is 4.21 Å². The second-order valence-corrected chi connectivity index (χ2v) is 9.13. The van der Waals surface area contributed by atoms with E-state index in [-0.39, 0.29) is 0 Å². The van der Waals surface area contributed by atoms with Crippen LogP contribution in [0.1, 0.15) is 25.3 Å². The average molecular weight is 410 g/mol. The Kier molecular flexibility index (Phi) is 4.70. The molecule has 1 aliphatic heterocycles. The Morgan fingerprint density at radius 1 is 1.17 bits per heavy atom. The van der Waals surface area contributed by atoms with Crippen LogP contribution in [0.25, 0.3) is 22.7 Å². The van der Waals surface area contributed by atoms with Crippen LogP contribution in [0.4, 0.5) is 5.69 Å². The molecular weight excluding hydrogens is 386 g/mol. The monoisotopic (exact) mass is 409 g/mol. The molecule has 0 spiro atoms. The second-order valence-electron chi connectivity index (χ2n) is 6.97. The van der Waals surface area contributed by atoms with E-state index in [1.807, 2.05) is 18.2 Å². The van der Waals surface area contributed by atoms with Gasteiger partial charge in [0.15, 0.2) is 5.58 Å². The van der Waals surface area contributed by atoms with Crippen molar-refractivity contribution in [2.45, 2.75) is 18.7 Å². The number of benzene rings is 2. The summed E-state index contributed by atoms with van der Waals surface area (Å²) in [6.45, 7) is 10.1. The molecule has 0 aliphatic carbocycles. The topological polar surface area (TPSA) is 79.4 Å². The summed E-state index contributed by atoms with van der Waals surface area (Å²) in [5.41, 5.74) is 3.80. The van der Waals surface area contributed by atoms with Gasteiger partial charge in [0.25, 0.3) is 0 Å². The molecule has 150 valence electrons. The molecule has 7 heteroatoms. The lowest BCUT2D eigenvalue weighted by Crippen LogP contribution is -2.21. The van der Waals surface area contributed by atoms with Crippen molar-refractivity contribution in [1.82, 2.24) is 4.98 Å². The number of anilines is 1. The van der Waals surface area contributed by atoms with Crippen LogP contribution >= 0.6 is 0 Å². The number of nitrogens with zero attached hydrogens (tertiary/aromatic N) is 2. The molecule has 2 aromatic carbocycles. The first-order valence-electron chi connectivity index (χ1n) is 9.42. The highest BCUT2D eigenvalue weighted by molar-refractivity contribution is 7.91. The fourth-order valence-corrected chi connectivity index (χ4v) is 4.04. The maximum Gasteiger partial charge on any atom is 0.231 e. The van der Waals surface area contributed by atoms with Gasteiger partial charge < -0.3 is 14.1 Å². The highest BCUT2D eigenvalue weighted by atomic mass is 32.2. The van der Waals surface area contributed by atoms with Crippen LogP contribution in [0.3, 0.4) is 0 Å². The molecule has 1 N–H and O–H groups in total. The molecule has 1 unspecified atom stereocenters. The second kappa shape index (κ2) is 7.08. The molecular formula is C22H23N3O3S. The maximum atomic E-state index is 12.0. The van der Waals surface area contributed by atoms with Gasteiger partial charge in [0.2, 0.25) is 5.89 Å². The van der Waals surface area contributed by atoms with Crippen LogP contribution in [-0.2, 0) is 9.73 Å². The van der Waals surface area contributed by atoms with Crippen molar-refractivity contribution in [3.63, 3.8) is 0 Å². The first kappa shape index (κ1) is 19.3. The third kappa shape index (κ3) is 3.53. The van der Waals surface area contributed by atoms with E-state index >= 15 is 0 Å². The van der Waals surface area contributed by atoms with Crippen LogP contribution in [0.15, 0.2) is 58.0 Å². The SMILES string of the molecule is C=C1Oc2cc(N(CC)CC)ccc2C=C1c1nc2ccc(S(C)(=N)=O)cc2o1. The van der Waals surface area contributed by atoms with Gasteiger partial charge in [0.1, 0.15) is 17.0 Å². The fourth-order valence-electron chi connectivity index (χ4n) is 3.38. The zero-order valence-electron chi connectivity index (χ0n) is 16.7. The standard InChI is InChI=1S/C22H23N3O3S/c1-5-25(6-2)16-8-7-15-11-18(14(3)27-20(15)12-16)22-24-19-10-9-17(29(4,23)26)13-21(19)28-22/h7-13,23H,3,5-6H2,1-2,4H3. The maximum absolute atomic E-state index is 12.0. The van der Waals surface area contributed by atoms with Gasteiger partial charge in [0.05, 0.1) is 20.2 Å². The molecule has 29 heavy (non-hydrogen) atoms. The lowest BCUT2D eigenvalue weighted by atomic mass is 10.0. The van der Waals surface area contributed by atoms with Gasteiger partial charge in [-0.3, -0.25) is 0 Å². The van der Waals surface area contributed by atoms with E-state index < -0.39 is 9.73 Å². The van der Waals surface area contributed by atoms with E-state index in [0.29, 0.717) is 33.2 Å². The van der Waals surface area contributed by atoms with Crippen molar-refractivity contribution in [3.8, 4) is 5.75 Å². The lowest BCUT2D eigenvalue weighted by Gasteiger charge is -2.24. The largest absolute Gasteiger partial charge is 0.456 e. The van der Waals surface area contributed by atoms with Crippen molar-refractivity contribution in [1.29, 1.82) is 4.78 Å². The van der Waals surface area contributed by atoms with Crippen LogP contribution in [0.2, 0.25) is 0 Å². The van der Waals surface area contributed by atoms with E-state index in [1.54, 1.807) is 18.2 Å². The molecule has 0 radical (unpaired) electrons. The molecule has 0 fully saturated rings. The van der Waals surface area contributed by atoms with Crippen molar-refractivity contribution >= 4 is 38.2 Å². The quantitative estimate of drug-likeness (QED) is 0.630. The lowest BCUT2D eigenvalue weighted by molar-refractivity contribution is 0.442. The van der Waals surface area contributed by atoms with Crippen molar-refractivity contribution in [2.24, 2.45) is 0 Å². The Bertz CT molecular complexity index is 1250. The summed E-state index contributed by atoms with van der Waals surface area (Å²) in [6, 6.07) is 11.1. The van der Waals surface area contributed by atoms with Crippen molar-refractivity contribution in [3.05, 3.63) is 60.2 Å². The number of nitrogens with one attached hydrogen (secondary N) is 1. The zero-order valence-corrected chi connectivity index (χ0v) is 17.5. The summed E-state index contributed by atoms with van der Waals surface area (Å²) < 4.78 is 31.6. The normalized spacial score (nSPS) is 15.4. The van der Waals surface area contributed by atoms with Gasteiger partial charge >= 0.3 is 0 Å². The molecule has 4 rings (SSSR count). The van der Waals surface area contributed by atoms with Crippen LogP contribution in [0, 0.1) is 4.78 Å². The molecule has 1 aliphatic rings. The molecule has 6 nitrogen and oxygen atoms in total. The smallest absolute Gasteiger partial charge is 0.231 e. The molecule has 0 bridgehead atoms. The van der Waals surface area contributed by atoms with Crippen molar-refractivity contribution < 1.29 is 13.4 Å². The molecule has 1 aromatic heterocycles. The summed E-state index contributed by atoms with van der Waals surface area (Å²) in [7, 11) is -2.82. The number of hydrogen-bond acceptors (Lipinski definition) is 6. The minimum absolute atomic E-state index is 0.383. The van der Waals surface area contributed by atoms with E-state index in [0.717, 1.165) is 30.1 Å². The Labute approximate surface area is 170 Å². The number of hydrogen-bond donors (Lipinski definition) is 1. The molecule has 0 amide bonds. The number of oxazole rings is 1. The summed E-state index contributed by atoms with van der Waals surface area (Å²) in [4.78, 5) is 7.18. The highest BCUT2D eigenvalue weighted by Gasteiger charge is 2.22. The van der Waals surface area contributed by atoms with E-state index in [1.165, 1.54) is 6.26 Å². The third-order valence-electron chi connectivity index (χ3n) is 5.00. The minimum Gasteiger partial charge on any atom is -0.456 e. The summed E-state index contributed by atoms with van der Waals surface area (Å²) >= 11 is 0. The van der Waals surface area contributed by atoms with Crippen molar-refractivity contribution in [2.75, 3.05) is 24.2 Å². The van der Waals surface area contributed by atoms with E-state index in [4.69, 9.17) is 13.9 Å². The third-order valence-corrected chi connectivity index (χ3v) is 6.15. The number of ether oxygens (including phenoxy) is 1. The Balaban J connectivity index is 1.75. The number of fused-ring (bicyclic) bond motifs is 2. The summed E-state index contributed by atoms with van der Waals surface area (Å²) in [5, 5.41) is 0. The first-order valence-corrected chi connectivity index (χ1v) is 11.4. The summed E-state index contributed by atoms with van der Waals surface area (Å²) in [6.07, 6.45) is 3.33. The zero-order chi connectivity index (χ0) is 20.8. The number of aromatic nitrogens is 1. The predicted molar refractivity (Wildman–Crippen MR) is 117 cm³/mol. The van der Waals surface area contributed by atoms with E-state index in [2.05, 4.69) is 36.4 Å². The minimum atomic E-state index is -2.82. The van der Waals surface area contributed by atoms with Gasteiger partial charge in [0, 0.05) is 42.7 Å². The van der Waals surface area contributed by atoms with Gasteiger partial charge in [-0.1, -0.05) is 6.58 Å². The number of allylic oxidation sites excluding steroid dienone is 1. The van der Waals surface area contributed by atoms with Crippen LogP contribution in [-0.4, -0.2) is 28.5 Å². The number of rotatable bonds is 5. The molecule has 1 atom stereocenters. The molecule has 0 saturated carbocycles. The Morgan fingerprint density at radius 2 is 1.93 bits per heavy atom. The van der Waals surface area contributed by atoms with Gasteiger partial charge in [-0.15, -0.1) is 0 Å². The molecule has 3 aromatic rings. The van der Waals surface area contributed by atoms with Crippen LogP contribution < -0.4 is 9.64 Å². The first-order chi connectivity index (χ1) is 13.8. The molecule has 2 heterocycles. The van der Waals surface area contributed by atoms with Crippen LogP contribution in [0.5, 0.6) is 5.75 Å². The Hall–Kier alpha value is -3.06. The Morgan fingerprint density at radius 3 is 2.62 bits per heavy atom. The predicted octanol–water partition coefficient (Wildman–Crippen LogP) is 5.16. The fraction of sp³-hybridized carbons (Fsp3) is 0.227. The molecule has 0 saturated heterocycles. The highest BCUT2D eigenvalue weighted by Crippen LogP contribution is 2.38. The average Bonchev–Trinajstić information content (AvgIpc) is 3.10. The van der Waals surface area contributed by atoms with Gasteiger partial charge in [-0.05, 0) is 44.2 Å². The van der Waals surface area contributed by atoms with Gasteiger partial charge in [-0.2, -0.15) is 0 Å². The summed E-state index contributed by atoms with van der Waals surface area (Å²) in [5.74, 6) is 1.59. The van der Waals surface area contributed by atoms with Gasteiger partial charge in [-0.25, -0.2) is 14.0 Å².